The van der Waals surface area contributed by atoms with Crippen LogP contribution in [0.15, 0.2) is 54.6 Å². The predicted molar refractivity (Wildman–Crippen MR) is 90.3 cm³/mol. The average molecular weight is 348 g/mol. The summed E-state index contributed by atoms with van der Waals surface area (Å²) in [5, 5.41) is 0. The van der Waals surface area contributed by atoms with Crippen molar-refractivity contribution >= 4 is 11.9 Å². The van der Waals surface area contributed by atoms with Gasteiger partial charge in [-0.15, -0.1) is 0 Å². The molecule has 2 aromatic carbocycles. The van der Waals surface area contributed by atoms with Gasteiger partial charge in [0.2, 0.25) is 0 Å². The molecule has 0 unspecified atom stereocenters. The summed E-state index contributed by atoms with van der Waals surface area (Å²) in [5.74, 6) is 0.450. The van der Waals surface area contributed by atoms with Crippen LogP contribution in [0.25, 0.3) is 6.08 Å². The van der Waals surface area contributed by atoms with E-state index in [1.807, 2.05) is 18.2 Å². The maximum atomic E-state index is 12.1. The van der Waals surface area contributed by atoms with Crippen molar-refractivity contribution in [3.8, 4) is 11.5 Å². The third-order valence-electron chi connectivity index (χ3n) is 3.21. The Morgan fingerprint density at radius 1 is 1.08 bits per heavy atom. The van der Waals surface area contributed by atoms with E-state index in [-0.39, 0.29) is 11.5 Å². The fourth-order valence-corrected chi connectivity index (χ4v) is 2.02. The maximum Gasteiger partial charge on any atom is 0.387 e. The van der Waals surface area contributed by atoms with Crippen molar-refractivity contribution in [2.75, 3.05) is 20.3 Å². The lowest BCUT2D eigenvalue weighted by atomic mass is 10.1. The van der Waals surface area contributed by atoms with E-state index in [9.17, 15) is 13.6 Å². The van der Waals surface area contributed by atoms with Crippen LogP contribution in [-0.2, 0) is 4.74 Å². The fraction of sp³-hybridized carbons (Fsp3) is 0.211. The van der Waals surface area contributed by atoms with Crippen molar-refractivity contribution in [1.82, 2.24) is 0 Å². The number of allylic oxidation sites excluding steroid dienone is 1. The highest BCUT2D eigenvalue weighted by molar-refractivity contribution is 6.06. The first-order chi connectivity index (χ1) is 12.1. The number of benzene rings is 2. The lowest BCUT2D eigenvalue weighted by molar-refractivity contribution is -0.0498. The van der Waals surface area contributed by atoms with Crippen molar-refractivity contribution in [2.24, 2.45) is 0 Å². The SMILES string of the molecule is COCCOc1cccc(C=CC(=O)c2ccc(OC(F)F)cc2)c1. The number of methoxy groups -OCH3 is 1. The second kappa shape index (κ2) is 9.54. The van der Waals surface area contributed by atoms with Gasteiger partial charge in [-0.3, -0.25) is 4.79 Å². The van der Waals surface area contributed by atoms with Gasteiger partial charge in [0.25, 0.3) is 0 Å². The zero-order valence-corrected chi connectivity index (χ0v) is 13.7. The van der Waals surface area contributed by atoms with Gasteiger partial charge in [-0.05, 0) is 48.0 Å². The summed E-state index contributed by atoms with van der Waals surface area (Å²) in [6, 6.07) is 12.8. The summed E-state index contributed by atoms with van der Waals surface area (Å²) in [6.45, 7) is -1.96. The smallest absolute Gasteiger partial charge is 0.387 e. The van der Waals surface area contributed by atoms with E-state index < -0.39 is 6.61 Å². The van der Waals surface area contributed by atoms with Crippen LogP contribution in [0.4, 0.5) is 8.78 Å². The Kier molecular flexibility index (Phi) is 7.10. The molecule has 0 atom stereocenters. The zero-order valence-electron chi connectivity index (χ0n) is 13.7. The number of ketones is 1. The van der Waals surface area contributed by atoms with E-state index in [1.165, 1.54) is 30.3 Å². The molecule has 2 aromatic rings. The highest BCUT2D eigenvalue weighted by atomic mass is 19.3. The Morgan fingerprint density at radius 2 is 1.84 bits per heavy atom. The topological polar surface area (TPSA) is 44.8 Å². The van der Waals surface area contributed by atoms with Crippen molar-refractivity contribution in [1.29, 1.82) is 0 Å². The number of alkyl halides is 2. The molecule has 0 fully saturated rings. The molecule has 0 aromatic heterocycles. The minimum absolute atomic E-state index is 0.0106. The monoisotopic (exact) mass is 348 g/mol. The Hall–Kier alpha value is -2.73. The summed E-state index contributed by atoms with van der Waals surface area (Å²) in [4.78, 5) is 12.1. The summed E-state index contributed by atoms with van der Waals surface area (Å²) >= 11 is 0. The van der Waals surface area contributed by atoms with E-state index in [1.54, 1.807) is 19.3 Å². The van der Waals surface area contributed by atoms with E-state index in [2.05, 4.69) is 4.74 Å². The zero-order chi connectivity index (χ0) is 18.1. The van der Waals surface area contributed by atoms with Gasteiger partial charge in [0.05, 0.1) is 6.61 Å². The number of halogens is 2. The summed E-state index contributed by atoms with van der Waals surface area (Å²) in [6.07, 6.45) is 3.08. The van der Waals surface area contributed by atoms with E-state index >= 15 is 0 Å². The molecule has 25 heavy (non-hydrogen) atoms. The minimum Gasteiger partial charge on any atom is -0.491 e. The molecule has 2 rings (SSSR count). The normalized spacial score (nSPS) is 11.0. The van der Waals surface area contributed by atoms with Crippen molar-refractivity contribution in [3.63, 3.8) is 0 Å². The standard InChI is InChI=1S/C19H18F2O4/c1-23-11-12-24-17-4-2-3-14(13-17)5-10-18(22)15-6-8-16(9-7-15)25-19(20)21/h2-10,13,19H,11-12H2,1H3. The molecule has 0 aliphatic heterocycles. The van der Waals surface area contributed by atoms with Crippen LogP contribution in [0.5, 0.6) is 11.5 Å². The maximum absolute atomic E-state index is 12.1. The first-order valence-electron chi connectivity index (χ1n) is 7.57. The van der Waals surface area contributed by atoms with Gasteiger partial charge >= 0.3 is 6.61 Å². The molecule has 0 bridgehead atoms. The Morgan fingerprint density at radius 3 is 2.52 bits per heavy atom. The minimum atomic E-state index is -2.89. The van der Waals surface area contributed by atoms with Crippen LogP contribution in [0.3, 0.4) is 0 Å². The molecule has 0 saturated carbocycles. The molecule has 0 aliphatic rings. The summed E-state index contributed by atoms with van der Waals surface area (Å²) < 4.78 is 38.9. The molecule has 0 spiro atoms. The van der Waals surface area contributed by atoms with Crippen LogP contribution in [0, 0.1) is 0 Å². The van der Waals surface area contributed by atoms with Gasteiger partial charge in [0.15, 0.2) is 5.78 Å². The van der Waals surface area contributed by atoms with Crippen molar-refractivity contribution in [3.05, 3.63) is 65.7 Å². The van der Waals surface area contributed by atoms with Gasteiger partial charge in [-0.2, -0.15) is 8.78 Å². The molecule has 0 aliphatic carbocycles. The summed E-state index contributed by atoms with van der Waals surface area (Å²) in [5.41, 5.74) is 1.19. The van der Waals surface area contributed by atoms with Crippen LogP contribution in [-0.4, -0.2) is 32.7 Å². The Balaban J connectivity index is 1.98. The largest absolute Gasteiger partial charge is 0.491 e. The molecule has 132 valence electrons. The number of rotatable bonds is 9. The quantitative estimate of drug-likeness (QED) is 0.387. The third-order valence-corrected chi connectivity index (χ3v) is 3.21. The van der Waals surface area contributed by atoms with E-state index in [4.69, 9.17) is 9.47 Å². The fourth-order valence-electron chi connectivity index (χ4n) is 2.02. The van der Waals surface area contributed by atoms with E-state index in [0.717, 1.165) is 5.56 Å². The number of ether oxygens (including phenoxy) is 3. The molecule has 6 heteroatoms. The average Bonchev–Trinajstić information content (AvgIpc) is 2.60. The highest BCUT2D eigenvalue weighted by Crippen LogP contribution is 2.17. The lowest BCUT2D eigenvalue weighted by Crippen LogP contribution is -2.04. The number of carbonyl (C=O) groups excluding carboxylic acids is 1. The first-order valence-corrected chi connectivity index (χ1v) is 7.57. The molecule has 0 radical (unpaired) electrons. The van der Waals surface area contributed by atoms with E-state index in [0.29, 0.717) is 24.5 Å². The predicted octanol–water partition coefficient (Wildman–Crippen LogP) is 4.21. The van der Waals surface area contributed by atoms with Crippen LogP contribution in [0.2, 0.25) is 0 Å². The number of hydrogen-bond donors (Lipinski definition) is 0. The molecule has 0 amide bonds. The number of carbonyl (C=O) groups is 1. The Bertz CT molecular complexity index is 712. The molecule has 0 N–H and O–H groups in total. The molecular formula is C19H18F2O4. The van der Waals surface area contributed by atoms with Crippen molar-refractivity contribution < 1.29 is 27.8 Å². The van der Waals surface area contributed by atoms with Crippen LogP contribution in [0.1, 0.15) is 15.9 Å². The van der Waals surface area contributed by atoms with Gasteiger partial charge < -0.3 is 14.2 Å². The van der Waals surface area contributed by atoms with Gasteiger partial charge in [-0.25, -0.2) is 0 Å². The third kappa shape index (κ3) is 6.35. The second-order valence-electron chi connectivity index (χ2n) is 5.01. The Labute approximate surface area is 144 Å². The van der Waals surface area contributed by atoms with Crippen LogP contribution >= 0.6 is 0 Å². The summed E-state index contributed by atoms with van der Waals surface area (Å²) in [7, 11) is 1.60. The number of hydrogen-bond acceptors (Lipinski definition) is 4. The molecule has 0 saturated heterocycles. The second-order valence-corrected chi connectivity index (χ2v) is 5.01. The first kappa shape index (κ1) is 18.6. The highest BCUT2D eigenvalue weighted by Gasteiger charge is 2.06. The van der Waals surface area contributed by atoms with Crippen LogP contribution < -0.4 is 9.47 Å². The van der Waals surface area contributed by atoms with Gasteiger partial charge in [0.1, 0.15) is 18.1 Å². The van der Waals surface area contributed by atoms with Gasteiger partial charge in [0, 0.05) is 12.7 Å². The molecular weight excluding hydrogens is 330 g/mol. The molecule has 0 heterocycles. The lowest BCUT2D eigenvalue weighted by Gasteiger charge is -2.06. The van der Waals surface area contributed by atoms with Gasteiger partial charge in [-0.1, -0.05) is 18.2 Å². The molecule has 4 nitrogen and oxygen atoms in total. The van der Waals surface area contributed by atoms with Crippen molar-refractivity contribution in [2.45, 2.75) is 6.61 Å².